The van der Waals surface area contributed by atoms with Gasteiger partial charge in [0.1, 0.15) is 23.1 Å². The molecule has 45 heavy (non-hydrogen) atoms. The third-order valence-corrected chi connectivity index (χ3v) is 10.1. The topological polar surface area (TPSA) is 163 Å². The number of thioether (sulfide) groups is 1. The molecule has 11 heteroatoms. The van der Waals surface area contributed by atoms with Gasteiger partial charge in [0, 0.05) is 35.0 Å². The van der Waals surface area contributed by atoms with Gasteiger partial charge in [0.05, 0.1) is 17.8 Å². The maximum atomic E-state index is 14.3. The Bertz CT molecular complexity index is 1680. The number of anilines is 1. The average molecular weight is 630 g/mol. The van der Waals surface area contributed by atoms with Gasteiger partial charge in [-0.2, -0.15) is 0 Å². The zero-order valence-corrected chi connectivity index (χ0v) is 26.6. The van der Waals surface area contributed by atoms with E-state index in [1.807, 2.05) is 70.2 Å². The standard InChI is InChI=1S/C34H39N5O5S/c1-18-16-20(43-19-8-6-5-7-9-19)10-11-22(18)34(37)23-12-13-24(35)28-25(23)26(27(36)30(34)40)29(45-28)31(41)39-15-14-21(17-39)44-32(42)38-33(2,3)4/h5-13,16,21,26-27,29H,14-15,17,35-37H2,1-4H3,(H,38,42)/t21-,26?,27?,29?,34?/m0/s1. The van der Waals surface area contributed by atoms with Gasteiger partial charge in [0.15, 0.2) is 5.78 Å². The molecule has 7 N–H and O–H groups in total. The van der Waals surface area contributed by atoms with Crippen molar-refractivity contribution in [1.82, 2.24) is 10.2 Å². The Morgan fingerprint density at radius 2 is 1.76 bits per heavy atom. The Morgan fingerprint density at radius 1 is 1.04 bits per heavy atom. The molecule has 0 bridgehead atoms. The summed E-state index contributed by atoms with van der Waals surface area (Å²) in [6.45, 7) is 8.19. The highest BCUT2D eigenvalue weighted by molar-refractivity contribution is 8.01. The van der Waals surface area contributed by atoms with Crippen molar-refractivity contribution in [3.05, 3.63) is 82.9 Å². The van der Waals surface area contributed by atoms with E-state index < -0.39 is 40.5 Å². The summed E-state index contributed by atoms with van der Waals surface area (Å²) in [7, 11) is 0. The number of ketones is 1. The van der Waals surface area contributed by atoms with Crippen LogP contribution in [0.25, 0.3) is 0 Å². The number of benzene rings is 3. The SMILES string of the molecule is Cc1cc(Oc2ccccc2)ccc1C1(N)C(=O)C(N)C2c3c1ccc(N)c3SC2C(=O)N1CC[C@H](OC(=O)NC(C)(C)C)C1. The molecule has 4 unspecified atom stereocenters. The fraction of sp³-hybridized carbons (Fsp3) is 0.382. The minimum absolute atomic E-state index is 0.166. The van der Waals surface area contributed by atoms with Gasteiger partial charge in [-0.1, -0.05) is 30.3 Å². The lowest BCUT2D eigenvalue weighted by Gasteiger charge is -2.42. The van der Waals surface area contributed by atoms with Crippen molar-refractivity contribution in [2.45, 2.75) is 73.4 Å². The molecule has 10 nitrogen and oxygen atoms in total. The Morgan fingerprint density at radius 3 is 2.44 bits per heavy atom. The van der Waals surface area contributed by atoms with Gasteiger partial charge >= 0.3 is 6.09 Å². The maximum Gasteiger partial charge on any atom is 0.407 e. The van der Waals surface area contributed by atoms with Crippen LogP contribution in [0.4, 0.5) is 10.5 Å². The van der Waals surface area contributed by atoms with Gasteiger partial charge in [-0.05, 0) is 80.3 Å². The monoisotopic (exact) mass is 629 g/mol. The number of nitrogens with one attached hydrogen (secondary N) is 1. The molecule has 0 aromatic heterocycles. The number of ether oxygens (including phenoxy) is 2. The summed E-state index contributed by atoms with van der Waals surface area (Å²) in [5.74, 6) is 0.172. The summed E-state index contributed by atoms with van der Waals surface area (Å²) in [6, 6.07) is 17.4. The van der Waals surface area contributed by atoms with Gasteiger partial charge < -0.3 is 36.9 Å². The Balaban J connectivity index is 1.28. The number of hydrogen-bond donors (Lipinski definition) is 4. The first-order valence-electron chi connectivity index (χ1n) is 15.1. The lowest BCUT2D eigenvalue weighted by Crippen LogP contribution is -2.60. The van der Waals surface area contributed by atoms with Crippen LogP contribution in [0, 0.1) is 6.92 Å². The summed E-state index contributed by atoms with van der Waals surface area (Å²) in [5.41, 5.74) is 21.6. The number of para-hydroxylation sites is 1. The van der Waals surface area contributed by atoms with Crippen molar-refractivity contribution in [1.29, 1.82) is 0 Å². The zero-order valence-electron chi connectivity index (χ0n) is 25.8. The molecule has 0 radical (unpaired) electrons. The third-order valence-electron chi connectivity index (χ3n) is 8.69. The lowest BCUT2D eigenvalue weighted by atomic mass is 9.64. The molecular formula is C34H39N5O5S. The molecule has 236 valence electrons. The van der Waals surface area contributed by atoms with Crippen LogP contribution in [0.2, 0.25) is 0 Å². The smallest absolute Gasteiger partial charge is 0.407 e. The van der Waals surface area contributed by atoms with Crippen molar-refractivity contribution in [3.8, 4) is 11.5 Å². The number of hydrogen-bond acceptors (Lipinski definition) is 9. The summed E-state index contributed by atoms with van der Waals surface area (Å²) in [6.07, 6.45) is -0.428. The van der Waals surface area contributed by atoms with E-state index in [0.717, 1.165) is 16.0 Å². The number of nitrogens with two attached hydrogens (primary N) is 3. The summed E-state index contributed by atoms with van der Waals surface area (Å²) in [4.78, 5) is 43.0. The summed E-state index contributed by atoms with van der Waals surface area (Å²) < 4.78 is 11.6. The van der Waals surface area contributed by atoms with Crippen LogP contribution < -0.4 is 27.3 Å². The third kappa shape index (κ3) is 5.53. The second-order valence-corrected chi connectivity index (χ2v) is 14.2. The number of carbonyl (C=O) groups is 3. The summed E-state index contributed by atoms with van der Waals surface area (Å²) >= 11 is 1.33. The highest BCUT2D eigenvalue weighted by atomic mass is 32.2. The number of aryl methyl sites for hydroxylation is 1. The molecule has 3 aromatic rings. The number of carbonyl (C=O) groups excluding carboxylic acids is 3. The maximum absolute atomic E-state index is 14.3. The van der Waals surface area contributed by atoms with Crippen LogP contribution in [-0.4, -0.2) is 58.7 Å². The average Bonchev–Trinajstić information content (AvgIpc) is 3.61. The molecule has 5 atom stereocenters. The lowest BCUT2D eigenvalue weighted by molar-refractivity contribution is -0.131. The van der Waals surface area contributed by atoms with Crippen molar-refractivity contribution in [2.24, 2.45) is 11.5 Å². The van der Waals surface area contributed by atoms with E-state index in [-0.39, 0.29) is 18.2 Å². The van der Waals surface area contributed by atoms with Crippen LogP contribution in [0.1, 0.15) is 55.4 Å². The first-order valence-corrected chi connectivity index (χ1v) is 16.0. The molecular weight excluding hydrogens is 590 g/mol. The van der Waals surface area contributed by atoms with E-state index in [9.17, 15) is 14.4 Å². The second kappa shape index (κ2) is 11.4. The van der Waals surface area contributed by atoms with E-state index in [1.165, 1.54) is 11.8 Å². The van der Waals surface area contributed by atoms with Crippen LogP contribution in [-0.2, 0) is 19.9 Å². The Hall–Kier alpha value is -4.06. The minimum Gasteiger partial charge on any atom is -0.457 e. The molecule has 1 aliphatic carbocycles. The summed E-state index contributed by atoms with van der Waals surface area (Å²) in [5, 5.41) is 2.12. The number of nitrogens with zero attached hydrogens (tertiary/aromatic N) is 1. The Kier molecular flexibility index (Phi) is 7.83. The molecule has 2 heterocycles. The fourth-order valence-electron chi connectivity index (χ4n) is 6.64. The molecule has 0 spiro atoms. The number of likely N-dealkylation sites (tertiary alicyclic amines) is 1. The molecule has 3 aromatic carbocycles. The Labute approximate surface area is 267 Å². The van der Waals surface area contributed by atoms with E-state index in [2.05, 4.69) is 5.32 Å². The second-order valence-electron chi connectivity index (χ2n) is 13.1. The van der Waals surface area contributed by atoms with Crippen molar-refractivity contribution in [3.63, 3.8) is 0 Å². The molecule has 3 aliphatic rings. The van der Waals surface area contributed by atoms with Crippen LogP contribution in [0.5, 0.6) is 11.5 Å². The number of alkyl carbamates (subject to hydrolysis) is 1. The van der Waals surface area contributed by atoms with E-state index >= 15 is 0 Å². The van der Waals surface area contributed by atoms with Gasteiger partial charge in [0.25, 0.3) is 0 Å². The highest BCUT2D eigenvalue weighted by Crippen LogP contribution is 2.57. The molecule has 2 amide bonds. The first-order chi connectivity index (χ1) is 21.3. The normalized spacial score (nSPS) is 25.6. The van der Waals surface area contributed by atoms with Crippen LogP contribution in [0.15, 0.2) is 65.6 Å². The number of amides is 2. The van der Waals surface area contributed by atoms with Crippen LogP contribution >= 0.6 is 11.8 Å². The highest BCUT2D eigenvalue weighted by Gasteiger charge is 2.57. The van der Waals surface area contributed by atoms with Gasteiger partial charge in [-0.25, -0.2) is 4.79 Å². The minimum atomic E-state index is -1.55. The largest absolute Gasteiger partial charge is 0.457 e. The predicted molar refractivity (Wildman–Crippen MR) is 173 cm³/mol. The molecule has 0 saturated carbocycles. The number of nitrogen functional groups attached to an aromatic ring is 1. The zero-order chi connectivity index (χ0) is 32.3. The van der Waals surface area contributed by atoms with Crippen molar-refractivity contribution in [2.75, 3.05) is 18.8 Å². The fourth-order valence-corrected chi connectivity index (χ4v) is 8.17. The van der Waals surface area contributed by atoms with Crippen molar-refractivity contribution >= 4 is 35.2 Å². The van der Waals surface area contributed by atoms with Crippen molar-refractivity contribution < 1.29 is 23.9 Å². The molecule has 1 fully saturated rings. The number of Topliss-reactive ketones (excluding diaryl/α,β-unsaturated/α-hetero) is 1. The molecule has 6 rings (SSSR count). The van der Waals surface area contributed by atoms with E-state index in [0.29, 0.717) is 41.3 Å². The quantitative estimate of drug-likeness (QED) is 0.304. The predicted octanol–water partition coefficient (Wildman–Crippen LogP) is 4.17. The van der Waals surface area contributed by atoms with Gasteiger partial charge in [-0.3, -0.25) is 9.59 Å². The van der Waals surface area contributed by atoms with Gasteiger partial charge in [-0.15, -0.1) is 11.8 Å². The molecule has 1 saturated heterocycles. The first kappa shape index (κ1) is 30.9. The van der Waals surface area contributed by atoms with Crippen LogP contribution in [0.3, 0.4) is 0 Å². The molecule has 2 aliphatic heterocycles. The van der Waals surface area contributed by atoms with E-state index in [1.54, 1.807) is 23.1 Å². The van der Waals surface area contributed by atoms with Gasteiger partial charge in [0.2, 0.25) is 5.91 Å². The number of rotatable bonds is 5. The van der Waals surface area contributed by atoms with E-state index in [4.69, 9.17) is 26.7 Å².